The predicted octanol–water partition coefficient (Wildman–Crippen LogP) is 1.37. The van der Waals surface area contributed by atoms with Crippen LogP contribution in [0.3, 0.4) is 0 Å². The van der Waals surface area contributed by atoms with E-state index >= 15 is 0 Å². The van der Waals surface area contributed by atoms with Crippen LogP contribution < -0.4 is 11.1 Å². The molecule has 0 heterocycles. The lowest BCUT2D eigenvalue weighted by atomic mass is 9.84. The van der Waals surface area contributed by atoms with E-state index in [9.17, 15) is 4.79 Å². The van der Waals surface area contributed by atoms with E-state index in [1.165, 1.54) is 19.3 Å². The lowest BCUT2D eigenvalue weighted by Gasteiger charge is -2.40. The maximum atomic E-state index is 11.6. The summed E-state index contributed by atoms with van der Waals surface area (Å²) in [4.78, 5) is 11.6. The highest BCUT2D eigenvalue weighted by Gasteiger charge is 2.36. The van der Waals surface area contributed by atoms with E-state index in [2.05, 4.69) is 11.6 Å². The fourth-order valence-corrected chi connectivity index (χ4v) is 2.61. The van der Waals surface area contributed by atoms with E-state index in [-0.39, 0.29) is 17.9 Å². The standard InChI is InChI=1S/C11H22N2OS/c1-8(2)9(12)10(14)13-7-11(15-3)5-4-6-11/h8-9H,4-7,12H2,1-3H3,(H,13,14)/t9-/m0/s1. The van der Waals surface area contributed by atoms with Crippen molar-refractivity contribution in [2.45, 2.75) is 43.9 Å². The van der Waals surface area contributed by atoms with Crippen LogP contribution in [-0.4, -0.2) is 29.5 Å². The van der Waals surface area contributed by atoms with Crippen molar-refractivity contribution in [1.82, 2.24) is 5.32 Å². The van der Waals surface area contributed by atoms with Crippen molar-refractivity contribution in [2.75, 3.05) is 12.8 Å². The number of nitrogens with one attached hydrogen (secondary N) is 1. The summed E-state index contributed by atoms with van der Waals surface area (Å²) in [6.45, 7) is 4.71. The molecule has 1 atom stereocenters. The quantitative estimate of drug-likeness (QED) is 0.750. The van der Waals surface area contributed by atoms with Crippen molar-refractivity contribution in [1.29, 1.82) is 0 Å². The lowest BCUT2D eigenvalue weighted by molar-refractivity contribution is -0.123. The molecule has 1 saturated carbocycles. The van der Waals surface area contributed by atoms with E-state index in [0.29, 0.717) is 4.75 Å². The summed E-state index contributed by atoms with van der Waals surface area (Å²) in [6.07, 6.45) is 5.83. The number of amides is 1. The number of carbonyl (C=O) groups is 1. The fraction of sp³-hybridized carbons (Fsp3) is 0.909. The molecule has 0 bridgehead atoms. The molecular formula is C11H22N2OS. The van der Waals surface area contributed by atoms with Gasteiger partial charge in [0.05, 0.1) is 6.04 Å². The van der Waals surface area contributed by atoms with Gasteiger partial charge in [-0.2, -0.15) is 11.8 Å². The zero-order chi connectivity index (χ0) is 11.5. The predicted molar refractivity (Wildman–Crippen MR) is 65.9 cm³/mol. The van der Waals surface area contributed by atoms with Gasteiger partial charge in [-0.3, -0.25) is 4.79 Å². The van der Waals surface area contributed by atoms with Gasteiger partial charge in [0.2, 0.25) is 5.91 Å². The number of hydrogen-bond donors (Lipinski definition) is 2. The molecule has 4 heteroatoms. The lowest BCUT2D eigenvalue weighted by Crippen LogP contribution is -2.50. The minimum Gasteiger partial charge on any atom is -0.353 e. The molecule has 0 aromatic carbocycles. The average molecular weight is 230 g/mol. The molecule has 3 N–H and O–H groups in total. The van der Waals surface area contributed by atoms with Crippen LogP contribution in [0.5, 0.6) is 0 Å². The van der Waals surface area contributed by atoms with Gasteiger partial charge in [0.15, 0.2) is 0 Å². The summed E-state index contributed by atoms with van der Waals surface area (Å²) in [5.74, 6) is 0.196. The first-order valence-electron chi connectivity index (χ1n) is 5.59. The molecule has 3 nitrogen and oxygen atoms in total. The molecule has 0 aliphatic heterocycles. The number of rotatable bonds is 5. The maximum Gasteiger partial charge on any atom is 0.237 e. The molecule has 1 aliphatic carbocycles. The van der Waals surface area contributed by atoms with Gasteiger partial charge in [0.1, 0.15) is 0 Å². The Bertz CT molecular complexity index is 221. The summed E-state index contributed by atoms with van der Waals surface area (Å²) in [6, 6.07) is -0.371. The van der Waals surface area contributed by atoms with Crippen molar-refractivity contribution in [2.24, 2.45) is 11.7 Å². The van der Waals surface area contributed by atoms with Gasteiger partial charge >= 0.3 is 0 Å². The number of thioether (sulfide) groups is 1. The smallest absolute Gasteiger partial charge is 0.237 e. The van der Waals surface area contributed by atoms with E-state index in [4.69, 9.17) is 5.73 Å². The van der Waals surface area contributed by atoms with Crippen LogP contribution in [0.1, 0.15) is 33.1 Å². The first-order chi connectivity index (χ1) is 7.01. The van der Waals surface area contributed by atoms with Crippen LogP contribution in [0.15, 0.2) is 0 Å². The van der Waals surface area contributed by atoms with E-state index in [0.717, 1.165) is 6.54 Å². The van der Waals surface area contributed by atoms with Gasteiger partial charge in [-0.05, 0) is 25.0 Å². The van der Waals surface area contributed by atoms with Crippen LogP contribution in [0.2, 0.25) is 0 Å². The Kier molecular flexibility index (Phi) is 4.46. The molecule has 0 aromatic heterocycles. The average Bonchev–Trinajstić information content (AvgIpc) is 2.15. The normalized spacial score (nSPS) is 20.9. The van der Waals surface area contributed by atoms with E-state index < -0.39 is 0 Å². The Balaban J connectivity index is 2.33. The highest BCUT2D eigenvalue weighted by molar-refractivity contribution is 8.00. The molecule has 1 fully saturated rings. The molecule has 1 aliphatic rings. The topological polar surface area (TPSA) is 55.1 Å². The molecular weight excluding hydrogens is 208 g/mol. The maximum absolute atomic E-state index is 11.6. The minimum atomic E-state index is -0.371. The number of nitrogens with two attached hydrogens (primary N) is 1. The Morgan fingerprint density at radius 1 is 1.53 bits per heavy atom. The van der Waals surface area contributed by atoms with Gasteiger partial charge in [-0.1, -0.05) is 20.3 Å². The summed E-state index contributed by atoms with van der Waals surface area (Å²) in [5, 5.41) is 2.97. The number of hydrogen-bond acceptors (Lipinski definition) is 3. The summed E-state index contributed by atoms with van der Waals surface area (Å²) in [7, 11) is 0. The molecule has 0 saturated heterocycles. The number of carbonyl (C=O) groups excluding carboxylic acids is 1. The van der Waals surface area contributed by atoms with Crippen LogP contribution in [0.4, 0.5) is 0 Å². The molecule has 0 radical (unpaired) electrons. The van der Waals surface area contributed by atoms with Gasteiger partial charge < -0.3 is 11.1 Å². The van der Waals surface area contributed by atoms with Crippen LogP contribution in [0, 0.1) is 5.92 Å². The Morgan fingerprint density at radius 3 is 2.47 bits per heavy atom. The third-order valence-corrected chi connectivity index (χ3v) is 4.72. The van der Waals surface area contributed by atoms with Crippen molar-refractivity contribution in [3.05, 3.63) is 0 Å². The highest BCUT2D eigenvalue weighted by atomic mass is 32.2. The molecule has 15 heavy (non-hydrogen) atoms. The van der Waals surface area contributed by atoms with Crippen molar-refractivity contribution >= 4 is 17.7 Å². The van der Waals surface area contributed by atoms with Crippen molar-refractivity contribution in [3.8, 4) is 0 Å². The molecule has 88 valence electrons. The first-order valence-corrected chi connectivity index (χ1v) is 6.82. The third kappa shape index (κ3) is 3.11. The van der Waals surface area contributed by atoms with Crippen molar-refractivity contribution in [3.63, 3.8) is 0 Å². The van der Waals surface area contributed by atoms with Gasteiger partial charge in [0, 0.05) is 11.3 Å². The molecule has 0 unspecified atom stereocenters. The molecule has 0 spiro atoms. The van der Waals surface area contributed by atoms with Crippen LogP contribution in [-0.2, 0) is 4.79 Å². The van der Waals surface area contributed by atoms with Crippen molar-refractivity contribution < 1.29 is 4.79 Å². The van der Waals surface area contributed by atoms with E-state index in [1.807, 2.05) is 25.6 Å². The van der Waals surface area contributed by atoms with Gasteiger partial charge in [0.25, 0.3) is 0 Å². The van der Waals surface area contributed by atoms with Crippen LogP contribution in [0.25, 0.3) is 0 Å². The fourth-order valence-electron chi connectivity index (χ4n) is 1.69. The largest absolute Gasteiger partial charge is 0.353 e. The Morgan fingerprint density at radius 2 is 2.13 bits per heavy atom. The Labute approximate surface area is 96.6 Å². The van der Waals surface area contributed by atoms with E-state index in [1.54, 1.807) is 0 Å². The molecule has 1 rings (SSSR count). The first kappa shape index (κ1) is 12.8. The second kappa shape index (κ2) is 5.21. The second-order valence-electron chi connectivity index (χ2n) is 4.73. The van der Waals surface area contributed by atoms with Gasteiger partial charge in [-0.15, -0.1) is 0 Å². The van der Waals surface area contributed by atoms with Crippen LogP contribution >= 0.6 is 11.8 Å². The second-order valence-corrected chi connectivity index (χ2v) is 6.00. The third-order valence-electron chi connectivity index (χ3n) is 3.30. The summed E-state index contributed by atoms with van der Waals surface area (Å²) in [5.41, 5.74) is 5.77. The monoisotopic (exact) mass is 230 g/mol. The van der Waals surface area contributed by atoms with Gasteiger partial charge in [-0.25, -0.2) is 0 Å². The highest BCUT2D eigenvalue weighted by Crippen LogP contribution is 2.42. The molecule has 0 aromatic rings. The minimum absolute atomic E-state index is 0.00896. The summed E-state index contributed by atoms with van der Waals surface area (Å²) < 4.78 is 0.298. The Hall–Kier alpha value is -0.220. The molecule has 1 amide bonds. The zero-order valence-electron chi connectivity index (χ0n) is 9.88. The zero-order valence-corrected chi connectivity index (χ0v) is 10.7. The summed E-state index contributed by atoms with van der Waals surface area (Å²) >= 11 is 1.87. The SMILES string of the molecule is CSC1(CNC(=O)[C@@H](N)C(C)C)CCC1.